The number of para-hydroxylation sites is 2. The second-order valence-electron chi connectivity index (χ2n) is 7.38. The van der Waals surface area contributed by atoms with E-state index in [9.17, 15) is 0 Å². The second kappa shape index (κ2) is 10.1. The maximum atomic E-state index is 5.89. The molecule has 0 N–H and O–H groups in total. The number of imidazole rings is 1. The lowest BCUT2D eigenvalue weighted by Crippen LogP contribution is -2.04. The first-order valence-electron chi connectivity index (χ1n) is 10.7. The van der Waals surface area contributed by atoms with Gasteiger partial charge in [-0.15, -0.1) is 0 Å². The average Bonchev–Trinajstić information content (AvgIpc) is 3.22. The minimum atomic E-state index is 0.644. The van der Waals surface area contributed by atoms with Crippen molar-refractivity contribution in [2.75, 3.05) is 27.9 Å². The Morgan fingerprint density at radius 3 is 2.38 bits per heavy atom. The molecule has 0 saturated heterocycles. The smallest absolute Gasteiger partial charge is 0.161 e. The molecule has 6 heteroatoms. The number of methoxy groups -OCH3 is 3. The zero-order valence-electron chi connectivity index (χ0n) is 18.7. The van der Waals surface area contributed by atoms with E-state index in [1.165, 1.54) is 0 Å². The minimum Gasteiger partial charge on any atom is -0.497 e. The third-order valence-corrected chi connectivity index (χ3v) is 5.38. The fourth-order valence-corrected chi connectivity index (χ4v) is 3.75. The second-order valence-corrected chi connectivity index (χ2v) is 7.38. The van der Waals surface area contributed by atoms with E-state index in [4.69, 9.17) is 23.9 Å². The minimum absolute atomic E-state index is 0.644. The highest BCUT2D eigenvalue weighted by molar-refractivity contribution is 5.81. The number of unbranched alkanes of at least 4 members (excludes halogenated alkanes) is 1. The van der Waals surface area contributed by atoms with Crippen molar-refractivity contribution in [1.82, 2.24) is 9.55 Å². The molecule has 32 heavy (non-hydrogen) atoms. The number of fused-ring (bicyclic) bond motifs is 1. The molecule has 0 radical (unpaired) electrons. The number of aromatic nitrogens is 2. The number of ether oxygens (including phenoxy) is 4. The SMILES string of the molecule is COc1cccc(OCCCCn2c(-c3ccc(OC)c(OC)c3)nc3ccccc32)c1. The van der Waals surface area contributed by atoms with Crippen LogP contribution >= 0.6 is 0 Å². The Morgan fingerprint density at radius 1 is 0.750 bits per heavy atom. The Labute approximate surface area is 188 Å². The largest absolute Gasteiger partial charge is 0.497 e. The Hall–Kier alpha value is -3.67. The van der Waals surface area contributed by atoms with E-state index in [1.54, 1.807) is 21.3 Å². The highest BCUT2D eigenvalue weighted by Gasteiger charge is 2.14. The molecular formula is C26H28N2O4. The molecule has 0 atom stereocenters. The molecule has 6 nitrogen and oxygen atoms in total. The van der Waals surface area contributed by atoms with Crippen molar-refractivity contribution in [2.24, 2.45) is 0 Å². The molecule has 0 amide bonds. The van der Waals surface area contributed by atoms with Crippen LogP contribution in [-0.2, 0) is 6.54 Å². The van der Waals surface area contributed by atoms with Crippen molar-refractivity contribution in [3.8, 4) is 34.4 Å². The first kappa shape index (κ1) is 21.6. The first-order valence-corrected chi connectivity index (χ1v) is 10.7. The van der Waals surface area contributed by atoms with Crippen molar-refractivity contribution >= 4 is 11.0 Å². The lowest BCUT2D eigenvalue weighted by atomic mass is 10.2. The van der Waals surface area contributed by atoms with E-state index in [1.807, 2.05) is 60.7 Å². The van der Waals surface area contributed by atoms with Crippen LogP contribution < -0.4 is 18.9 Å². The lowest BCUT2D eigenvalue weighted by molar-refractivity contribution is 0.301. The van der Waals surface area contributed by atoms with Gasteiger partial charge in [-0.05, 0) is 55.3 Å². The van der Waals surface area contributed by atoms with Gasteiger partial charge in [0.25, 0.3) is 0 Å². The summed E-state index contributed by atoms with van der Waals surface area (Å²) in [5.41, 5.74) is 3.09. The fraction of sp³-hybridized carbons (Fsp3) is 0.269. The zero-order chi connectivity index (χ0) is 22.3. The summed E-state index contributed by atoms with van der Waals surface area (Å²) in [6, 6.07) is 21.8. The lowest BCUT2D eigenvalue weighted by Gasteiger charge is -2.12. The maximum absolute atomic E-state index is 5.89. The summed E-state index contributed by atoms with van der Waals surface area (Å²) in [7, 11) is 4.94. The van der Waals surface area contributed by atoms with Gasteiger partial charge in [0.05, 0.1) is 39.0 Å². The van der Waals surface area contributed by atoms with Crippen molar-refractivity contribution in [3.05, 3.63) is 66.7 Å². The molecule has 0 aliphatic rings. The highest BCUT2D eigenvalue weighted by Crippen LogP contribution is 2.33. The molecule has 0 bridgehead atoms. The molecular weight excluding hydrogens is 404 g/mol. The number of hydrogen-bond acceptors (Lipinski definition) is 5. The summed E-state index contributed by atoms with van der Waals surface area (Å²) in [6.07, 6.45) is 1.89. The van der Waals surface area contributed by atoms with Crippen LogP contribution in [0.2, 0.25) is 0 Å². The fourth-order valence-electron chi connectivity index (χ4n) is 3.75. The molecule has 0 aliphatic heterocycles. The van der Waals surface area contributed by atoms with Gasteiger partial charge in [-0.3, -0.25) is 0 Å². The molecule has 0 saturated carbocycles. The Balaban J connectivity index is 1.49. The topological polar surface area (TPSA) is 54.7 Å². The summed E-state index contributed by atoms with van der Waals surface area (Å²) in [5.74, 6) is 3.93. The first-order chi connectivity index (χ1) is 15.7. The highest BCUT2D eigenvalue weighted by atomic mass is 16.5. The van der Waals surface area contributed by atoms with Crippen molar-refractivity contribution in [3.63, 3.8) is 0 Å². The van der Waals surface area contributed by atoms with Gasteiger partial charge in [0, 0.05) is 18.2 Å². The average molecular weight is 433 g/mol. The molecule has 166 valence electrons. The van der Waals surface area contributed by atoms with Gasteiger partial charge >= 0.3 is 0 Å². The third kappa shape index (κ3) is 4.64. The van der Waals surface area contributed by atoms with Gasteiger partial charge in [0.15, 0.2) is 11.5 Å². The summed E-state index contributed by atoms with van der Waals surface area (Å²) < 4.78 is 24.3. The van der Waals surface area contributed by atoms with Gasteiger partial charge in [0.1, 0.15) is 17.3 Å². The number of aryl methyl sites for hydroxylation is 1. The van der Waals surface area contributed by atoms with Crippen LogP contribution in [0.1, 0.15) is 12.8 Å². The number of nitrogens with zero attached hydrogens (tertiary/aromatic N) is 2. The van der Waals surface area contributed by atoms with Gasteiger partial charge in [-0.2, -0.15) is 0 Å². The van der Waals surface area contributed by atoms with Crippen molar-refractivity contribution in [2.45, 2.75) is 19.4 Å². The van der Waals surface area contributed by atoms with Crippen LogP contribution in [0.4, 0.5) is 0 Å². The van der Waals surface area contributed by atoms with Crippen molar-refractivity contribution in [1.29, 1.82) is 0 Å². The van der Waals surface area contributed by atoms with Gasteiger partial charge < -0.3 is 23.5 Å². The molecule has 4 rings (SSSR count). The molecule has 1 heterocycles. The summed E-state index contributed by atoms with van der Waals surface area (Å²) in [4.78, 5) is 4.90. The van der Waals surface area contributed by atoms with Crippen LogP contribution in [0.5, 0.6) is 23.0 Å². The third-order valence-electron chi connectivity index (χ3n) is 5.38. The molecule has 0 aliphatic carbocycles. The standard InChI is InChI=1S/C26H28N2O4/c1-29-20-9-8-10-21(18-20)32-16-7-6-15-28-23-12-5-4-11-22(23)27-26(28)19-13-14-24(30-2)25(17-19)31-3/h4-5,8-14,17-18H,6-7,15-16H2,1-3H3. The summed E-state index contributed by atoms with van der Waals surface area (Å²) in [6.45, 7) is 1.48. The van der Waals surface area contributed by atoms with E-state index in [0.717, 1.165) is 53.3 Å². The Morgan fingerprint density at radius 2 is 1.56 bits per heavy atom. The van der Waals surface area contributed by atoms with Crippen molar-refractivity contribution < 1.29 is 18.9 Å². The van der Waals surface area contributed by atoms with Gasteiger partial charge in [0.2, 0.25) is 0 Å². The molecule has 0 unspecified atom stereocenters. The van der Waals surface area contributed by atoms with Crippen LogP contribution in [0, 0.1) is 0 Å². The van der Waals surface area contributed by atoms with E-state index < -0.39 is 0 Å². The molecule has 0 fully saturated rings. The summed E-state index contributed by atoms with van der Waals surface area (Å²) in [5, 5.41) is 0. The van der Waals surface area contributed by atoms with Gasteiger partial charge in [-0.25, -0.2) is 4.98 Å². The maximum Gasteiger partial charge on any atom is 0.161 e. The van der Waals surface area contributed by atoms with Crippen LogP contribution in [0.25, 0.3) is 22.4 Å². The van der Waals surface area contributed by atoms with Crippen LogP contribution in [-0.4, -0.2) is 37.5 Å². The zero-order valence-corrected chi connectivity index (χ0v) is 18.7. The quantitative estimate of drug-likeness (QED) is 0.306. The predicted molar refractivity (Wildman–Crippen MR) is 126 cm³/mol. The molecule has 4 aromatic rings. The van der Waals surface area contributed by atoms with E-state index in [-0.39, 0.29) is 0 Å². The Bertz CT molecular complexity index is 1190. The molecule has 0 spiro atoms. The van der Waals surface area contributed by atoms with E-state index in [2.05, 4.69) is 10.6 Å². The monoisotopic (exact) mass is 432 g/mol. The molecule has 1 aromatic heterocycles. The number of rotatable bonds is 10. The van der Waals surface area contributed by atoms with Crippen LogP contribution in [0.3, 0.4) is 0 Å². The Kier molecular flexibility index (Phi) is 6.80. The normalized spacial score (nSPS) is 10.8. The number of benzene rings is 3. The number of hydrogen-bond donors (Lipinski definition) is 0. The summed E-state index contributed by atoms with van der Waals surface area (Å²) >= 11 is 0. The van der Waals surface area contributed by atoms with E-state index in [0.29, 0.717) is 18.1 Å². The van der Waals surface area contributed by atoms with Gasteiger partial charge in [-0.1, -0.05) is 18.2 Å². The van der Waals surface area contributed by atoms with E-state index >= 15 is 0 Å². The van der Waals surface area contributed by atoms with Crippen LogP contribution in [0.15, 0.2) is 66.7 Å². The molecule has 3 aromatic carbocycles. The predicted octanol–water partition coefficient (Wildman–Crippen LogP) is 5.59.